The standard InChI is InChI=1S/C13H24O3/c1-12(2)7-10(13(3,4)16-12)11(14)9-5-6-15-8-9/h9-11,14H,5-8H2,1-4H3. The van der Waals surface area contributed by atoms with Crippen molar-refractivity contribution in [3.8, 4) is 0 Å². The largest absolute Gasteiger partial charge is 0.392 e. The van der Waals surface area contributed by atoms with Gasteiger partial charge in [0.15, 0.2) is 0 Å². The van der Waals surface area contributed by atoms with Gasteiger partial charge in [-0.25, -0.2) is 0 Å². The zero-order valence-electron chi connectivity index (χ0n) is 10.8. The molecule has 3 unspecified atom stereocenters. The molecule has 0 aliphatic carbocycles. The highest BCUT2D eigenvalue weighted by atomic mass is 16.5. The maximum absolute atomic E-state index is 10.5. The Labute approximate surface area is 98.1 Å². The fraction of sp³-hybridized carbons (Fsp3) is 1.00. The molecule has 2 rings (SSSR count). The maximum Gasteiger partial charge on any atom is 0.0687 e. The third-order valence-electron chi connectivity index (χ3n) is 4.00. The lowest BCUT2D eigenvalue weighted by atomic mass is 9.78. The molecule has 3 atom stereocenters. The minimum Gasteiger partial charge on any atom is -0.392 e. The second-order valence-corrected chi connectivity index (χ2v) is 6.39. The minimum atomic E-state index is -0.292. The Kier molecular flexibility index (Phi) is 3.06. The Morgan fingerprint density at radius 3 is 2.38 bits per heavy atom. The molecule has 1 N–H and O–H groups in total. The first-order chi connectivity index (χ1) is 7.32. The van der Waals surface area contributed by atoms with Gasteiger partial charge in [0.1, 0.15) is 0 Å². The van der Waals surface area contributed by atoms with E-state index >= 15 is 0 Å². The average Bonchev–Trinajstić information content (AvgIpc) is 2.69. The summed E-state index contributed by atoms with van der Waals surface area (Å²) in [6, 6.07) is 0. The van der Waals surface area contributed by atoms with Gasteiger partial charge in [0.25, 0.3) is 0 Å². The number of hydrogen-bond acceptors (Lipinski definition) is 3. The number of aliphatic hydroxyl groups excluding tert-OH is 1. The molecule has 16 heavy (non-hydrogen) atoms. The van der Waals surface area contributed by atoms with Crippen LogP contribution in [0.2, 0.25) is 0 Å². The van der Waals surface area contributed by atoms with E-state index in [4.69, 9.17) is 9.47 Å². The van der Waals surface area contributed by atoms with Gasteiger partial charge in [0.05, 0.1) is 23.9 Å². The lowest BCUT2D eigenvalue weighted by Gasteiger charge is -2.32. The van der Waals surface area contributed by atoms with Crippen molar-refractivity contribution < 1.29 is 14.6 Å². The highest BCUT2D eigenvalue weighted by Crippen LogP contribution is 2.45. The molecule has 2 fully saturated rings. The zero-order chi connectivity index (χ0) is 12.0. The SMILES string of the molecule is CC1(C)CC(C(O)C2CCOC2)C(C)(C)O1. The minimum absolute atomic E-state index is 0.116. The Bertz CT molecular complexity index is 254. The summed E-state index contributed by atoms with van der Waals surface area (Å²) >= 11 is 0. The van der Waals surface area contributed by atoms with Crippen molar-refractivity contribution >= 4 is 0 Å². The molecule has 0 aromatic heterocycles. The van der Waals surface area contributed by atoms with Crippen LogP contribution in [0.25, 0.3) is 0 Å². The van der Waals surface area contributed by atoms with Gasteiger partial charge in [-0.15, -0.1) is 0 Å². The Balaban J connectivity index is 2.08. The first-order valence-electron chi connectivity index (χ1n) is 6.28. The molecule has 3 heteroatoms. The molecule has 2 heterocycles. The number of aliphatic hydroxyl groups is 1. The smallest absolute Gasteiger partial charge is 0.0687 e. The van der Waals surface area contributed by atoms with Gasteiger partial charge in [-0.3, -0.25) is 0 Å². The van der Waals surface area contributed by atoms with Crippen LogP contribution in [-0.4, -0.2) is 35.6 Å². The van der Waals surface area contributed by atoms with Crippen molar-refractivity contribution in [2.75, 3.05) is 13.2 Å². The zero-order valence-corrected chi connectivity index (χ0v) is 10.8. The van der Waals surface area contributed by atoms with E-state index in [-0.39, 0.29) is 23.2 Å². The van der Waals surface area contributed by atoms with E-state index < -0.39 is 0 Å². The van der Waals surface area contributed by atoms with E-state index in [1.54, 1.807) is 0 Å². The lowest BCUT2D eigenvalue weighted by Crippen LogP contribution is -2.40. The molecular weight excluding hydrogens is 204 g/mol. The lowest BCUT2D eigenvalue weighted by molar-refractivity contribution is -0.0937. The van der Waals surface area contributed by atoms with Gasteiger partial charge in [-0.2, -0.15) is 0 Å². The van der Waals surface area contributed by atoms with Crippen LogP contribution < -0.4 is 0 Å². The fourth-order valence-electron chi connectivity index (χ4n) is 3.29. The molecule has 2 saturated heterocycles. The van der Waals surface area contributed by atoms with Crippen LogP contribution in [0, 0.1) is 11.8 Å². The van der Waals surface area contributed by atoms with E-state index in [1.807, 2.05) is 0 Å². The first kappa shape index (κ1) is 12.3. The number of ether oxygens (including phenoxy) is 2. The summed E-state index contributed by atoms with van der Waals surface area (Å²) in [6.07, 6.45) is 1.62. The maximum atomic E-state index is 10.5. The van der Waals surface area contributed by atoms with Crippen molar-refractivity contribution in [3.63, 3.8) is 0 Å². The average molecular weight is 228 g/mol. The van der Waals surface area contributed by atoms with E-state index in [0.717, 1.165) is 19.4 Å². The molecule has 0 saturated carbocycles. The quantitative estimate of drug-likeness (QED) is 0.785. The third kappa shape index (κ3) is 2.27. The van der Waals surface area contributed by atoms with Gasteiger partial charge < -0.3 is 14.6 Å². The highest BCUT2D eigenvalue weighted by Gasteiger charge is 2.50. The van der Waals surface area contributed by atoms with Crippen molar-refractivity contribution in [2.45, 2.75) is 57.8 Å². The fourth-order valence-corrected chi connectivity index (χ4v) is 3.29. The normalized spacial score (nSPS) is 38.8. The van der Waals surface area contributed by atoms with Gasteiger partial charge in [-0.05, 0) is 40.5 Å². The first-order valence-corrected chi connectivity index (χ1v) is 6.28. The van der Waals surface area contributed by atoms with Gasteiger partial charge >= 0.3 is 0 Å². The van der Waals surface area contributed by atoms with Crippen LogP contribution in [0.4, 0.5) is 0 Å². The molecule has 0 bridgehead atoms. The molecule has 0 radical (unpaired) electrons. The van der Waals surface area contributed by atoms with Crippen LogP contribution in [0.1, 0.15) is 40.5 Å². The molecule has 94 valence electrons. The molecule has 0 amide bonds. The Morgan fingerprint density at radius 1 is 1.25 bits per heavy atom. The summed E-state index contributed by atoms with van der Waals surface area (Å²) in [5, 5.41) is 10.5. The molecular formula is C13H24O3. The molecule has 0 aromatic carbocycles. The van der Waals surface area contributed by atoms with E-state index in [0.29, 0.717) is 12.5 Å². The van der Waals surface area contributed by atoms with Crippen molar-refractivity contribution in [3.05, 3.63) is 0 Å². The van der Waals surface area contributed by atoms with Gasteiger partial charge in [0.2, 0.25) is 0 Å². The van der Waals surface area contributed by atoms with Crippen molar-refractivity contribution in [2.24, 2.45) is 11.8 Å². The summed E-state index contributed by atoms with van der Waals surface area (Å²) in [5.74, 6) is 0.510. The highest BCUT2D eigenvalue weighted by molar-refractivity contribution is 4.99. The Morgan fingerprint density at radius 2 is 1.94 bits per heavy atom. The summed E-state index contributed by atoms with van der Waals surface area (Å²) in [7, 11) is 0. The number of rotatable bonds is 2. The van der Waals surface area contributed by atoms with Crippen molar-refractivity contribution in [1.29, 1.82) is 0 Å². The molecule has 2 aliphatic heterocycles. The molecule has 0 aromatic rings. The summed E-state index contributed by atoms with van der Waals surface area (Å²) in [5.41, 5.74) is -0.347. The van der Waals surface area contributed by atoms with E-state index in [1.165, 1.54) is 0 Å². The topological polar surface area (TPSA) is 38.7 Å². The summed E-state index contributed by atoms with van der Waals surface area (Å²) in [4.78, 5) is 0. The molecule has 2 aliphatic rings. The third-order valence-corrected chi connectivity index (χ3v) is 4.00. The van der Waals surface area contributed by atoms with Crippen LogP contribution in [0.15, 0.2) is 0 Å². The molecule has 0 spiro atoms. The van der Waals surface area contributed by atoms with Crippen molar-refractivity contribution in [1.82, 2.24) is 0 Å². The van der Waals surface area contributed by atoms with Crippen LogP contribution >= 0.6 is 0 Å². The van der Waals surface area contributed by atoms with Crippen LogP contribution in [0.3, 0.4) is 0 Å². The molecule has 3 nitrogen and oxygen atoms in total. The Hall–Kier alpha value is -0.120. The number of hydrogen-bond donors (Lipinski definition) is 1. The van der Waals surface area contributed by atoms with Crippen LogP contribution in [-0.2, 0) is 9.47 Å². The predicted molar refractivity (Wildman–Crippen MR) is 62.3 cm³/mol. The van der Waals surface area contributed by atoms with Crippen LogP contribution in [0.5, 0.6) is 0 Å². The monoisotopic (exact) mass is 228 g/mol. The predicted octanol–water partition coefficient (Wildman–Crippen LogP) is 1.98. The second-order valence-electron chi connectivity index (χ2n) is 6.39. The summed E-state index contributed by atoms with van der Waals surface area (Å²) < 4.78 is 11.4. The van der Waals surface area contributed by atoms with Gasteiger partial charge in [-0.1, -0.05) is 0 Å². The van der Waals surface area contributed by atoms with E-state index in [2.05, 4.69) is 27.7 Å². The van der Waals surface area contributed by atoms with Gasteiger partial charge in [0, 0.05) is 18.4 Å². The second kappa shape index (κ2) is 3.97. The summed E-state index contributed by atoms with van der Waals surface area (Å²) in [6.45, 7) is 9.88. The van der Waals surface area contributed by atoms with E-state index in [9.17, 15) is 5.11 Å².